The van der Waals surface area contributed by atoms with Crippen LogP contribution >= 0.6 is 0 Å². The van der Waals surface area contributed by atoms with Gasteiger partial charge in [-0.1, -0.05) is 48.5 Å². The Morgan fingerprint density at radius 3 is 1.31 bits per heavy atom. The second kappa shape index (κ2) is 4.00. The van der Waals surface area contributed by atoms with Gasteiger partial charge in [-0.15, -0.1) is 0 Å². The van der Waals surface area contributed by atoms with Gasteiger partial charge in [0, 0.05) is 6.04 Å². The van der Waals surface area contributed by atoms with Crippen molar-refractivity contribution in [3.63, 3.8) is 0 Å². The largest absolute Gasteiger partial charge is 0.316 e. The smallest absolute Gasteiger partial charge is 0.0143 e. The van der Waals surface area contributed by atoms with E-state index in [1.807, 2.05) is 0 Å². The third kappa shape index (κ3) is 3.68. The van der Waals surface area contributed by atoms with Crippen LogP contribution in [-0.2, 0) is 0 Å². The van der Waals surface area contributed by atoms with E-state index >= 15 is 0 Å². The van der Waals surface area contributed by atoms with Crippen LogP contribution in [0.25, 0.3) is 0 Å². The zero-order chi connectivity index (χ0) is 10.9. The molecule has 0 aromatic carbocycles. The summed E-state index contributed by atoms with van der Waals surface area (Å²) in [6.45, 7) is 16.2. The average Bonchev–Trinajstić information content (AvgIpc) is 1.83. The highest BCUT2D eigenvalue weighted by Crippen LogP contribution is 2.35. The van der Waals surface area contributed by atoms with Gasteiger partial charge in [0.15, 0.2) is 0 Å². The number of rotatable bonds is 2. The van der Waals surface area contributed by atoms with Gasteiger partial charge in [-0.3, -0.25) is 0 Å². The zero-order valence-corrected chi connectivity index (χ0v) is 10.7. The third-order valence-corrected chi connectivity index (χ3v) is 3.11. The van der Waals surface area contributed by atoms with E-state index in [-0.39, 0.29) is 0 Å². The van der Waals surface area contributed by atoms with E-state index in [1.165, 1.54) is 0 Å². The standard InChI is InChI=1S/C12H27N/c1-9(11(2,3)4)10(13-8)12(5,6)7/h9-10,13H,1-8H3. The number of nitrogens with one attached hydrogen (secondary N) is 1. The normalized spacial score (nSPS) is 18.5. The van der Waals surface area contributed by atoms with Crippen molar-refractivity contribution in [1.29, 1.82) is 0 Å². The van der Waals surface area contributed by atoms with Crippen molar-refractivity contribution in [3.8, 4) is 0 Å². The number of hydrogen-bond donors (Lipinski definition) is 1. The fourth-order valence-electron chi connectivity index (χ4n) is 1.93. The topological polar surface area (TPSA) is 12.0 Å². The minimum atomic E-state index is 0.335. The molecule has 0 rings (SSSR count). The summed E-state index contributed by atoms with van der Waals surface area (Å²) in [5.74, 6) is 0.678. The Morgan fingerprint density at radius 2 is 1.23 bits per heavy atom. The molecule has 0 heterocycles. The Kier molecular flexibility index (Phi) is 3.98. The highest BCUT2D eigenvalue weighted by Gasteiger charge is 2.34. The molecule has 13 heavy (non-hydrogen) atoms. The van der Waals surface area contributed by atoms with E-state index in [4.69, 9.17) is 0 Å². The monoisotopic (exact) mass is 185 g/mol. The van der Waals surface area contributed by atoms with Crippen LogP contribution in [0.4, 0.5) is 0 Å². The molecule has 0 aromatic heterocycles. The molecule has 0 bridgehead atoms. The van der Waals surface area contributed by atoms with Crippen molar-refractivity contribution in [2.45, 2.75) is 54.5 Å². The number of hydrogen-bond acceptors (Lipinski definition) is 1. The van der Waals surface area contributed by atoms with E-state index in [0.29, 0.717) is 22.8 Å². The van der Waals surface area contributed by atoms with Crippen molar-refractivity contribution in [2.75, 3.05) is 7.05 Å². The van der Waals surface area contributed by atoms with Crippen LogP contribution in [0, 0.1) is 16.7 Å². The van der Waals surface area contributed by atoms with Gasteiger partial charge in [0.1, 0.15) is 0 Å². The van der Waals surface area contributed by atoms with Gasteiger partial charge in [0.05, 0.1) is 0 Å². The fraction of sp³-hybridized carbons (Fsp3) is 1.00. The van der Waals surface area contributed by atoms with E-state index in [2.05, 4.69) is 60.8 Å². The summed E-state index contributed by atoms with van der Waals surface area (Å²) < 4.78 is 0. The van der Waals surface area contributed by atoms with Gasteiger partial charge in [0.25, 0.3) is 0 Å². The molecule has 1 N–H and O–H groups in total. The lowest BCUT2D eigenvalue weighted by atomic mass is 9.69. The van der Waals surface area contributed by atoms with Gasteiger partial charge < -0.3 is 5.32 Å². The van der Waals surface area contributed by atoms with Gasteiger partial charge in [0.2, 0.25) is 0 Å². The molecule has 1 nitrogen and oxygen atoms in total. The molecule has 0 radical (unpaired) electrons. The van der Waals surface area contributed by atoms with Gasteiger partial charge in [-0.2, -0.15) is 0 Å². The first-order chi connectivity index (χ1) is 5.60. The minimum Gasteiger partial charge on any atom is -0.316 e. The maximum atomic E-state index is 3.45. The molecule has 0 aliphatic carbocycles. The van der Waals surface area contributed by atoms with Crippen LogP contribution < -0.4 is 5.32 Å². The quantitative estimate of drug-likeness (QED) is 0.696. The molecule has 0 aliphatic rings. The first-order valence-electron chi connectivity index (χ1n) is 5.28. The molecule has 2 unspecified atom stereocenters. The summed E-state index contributed by atoms with van der Waals surface area (Å²) in [5.41, 5.74) is 0.711. The summed E-state index contributed by atoms with van der Waals surface area (Å²) in [5, 5.41) is 3.45. The lowest BCUT2D eigenvalue weighted by Gasteiger charge is -2.41. The van der Waals surface area contributed by atoms with E-state index in [9.17, 15) is 0 Å². The van der Waals surface area contributed by atoms with Crippen molar-refractivity contribution in [3.05, 3.63) is 0 Å². The molecule has 80 valence electrons. The molecule has 0 aliphatic heterocycles. The molecule has 0 amide bonds. The van der Waals surface area contributed by atoms with Crippen molar-refractivity contribution in [2.24, 2.45) is 16.7 Å². The summed E-state index contributed by atoms with van der Waals surface area (Å²) in [7, 11) is 2.07. The molecular formula is C12H27N. The van der Waals surface area contributed by atoms with Crippen LogP contribution in [0.5, 0.6) is 0 Å². The lowest BCUT2D eigenvalue weighted by molar-refractivity contribution is 0.122. The van der Waals surface area contributed by atoms with Crippen molar-refractivity contribution >= 4 is 0 Å². The lowest BCUT2D eigenvalue weighted by Crippen LogP contribution is -2.47. The van der Waals surface area contributed by atoms with Crippen LogP contribution in [0.2, 0.25) is 0 Å². The van der Waals surface area contributed by atoms with Gasteiger partial charge in [-0.05, 0) is 23.8 Å². The molecule has 2 atom stereocenters. The van der Waals surface area contributed by atoms with Crippen LogP contribution in [0.15, 0.2) is 0 Å². The molecular weight excluding hydrogens is 158 g/mol. The summed E-state index contributed by atoms with van der Waals surface area (Å²) >= 11 is 0. The van der Waals surface area contributed by atoms with E-state index in [0.717, 1.165) is 0 Å². The third-order valence-electron chi connectivity index (χ3n) is 3.11. The molecule has 0 saturated carbocycles. The summed E-state index contributed by atoms with van der Waals surface area (Å²) in [6.07, 6.45) is 0. The second-order valence-electron chi connectivity index (χ2n) is 6.29. The molecule has 0 saturated heterocycles. The highest BCUT2D eigenvalue weighted by molar-refractivity contribution is 4.88. The summed E-state index contributed by atoms with van der Waals surface area (Å²) in [6, 6.07) is 0.576. The minimum absolute atomic E-state index is 0.335. The maximum absolute atomic E-state index is 3.45. The van der Waals surface area contributed by atoms with E-state index in [1.54, 1.807) is 0 Å². The van der Waals surface area contributed by atoms with E-state index < -0.39 is 0 Å². The predicted molar refractivity (Wildman–Crippen MR) is 60.9 cm³/mol. The van der Waals surface area contributed by atoms with Gasteiger partial charge >= 0.3 is 0 Å². The van der Waals surface area contributed by atoms with Gasteiger partial charge in [-0.25, -0.2) is 0 Å². The summed E-state index contributed by atoms with van der Waals surface area (Å²) in [4.78, 5) is 0. The first-order valence-corrected chi connectivity index (χ1v) is 5.28. The van der Waals surface area contributed by atoms with Crippen molar-refractivity contribution in [1.82, 2.24) is 5.32 Å². The molecule has 0 aromatic rings. The van der Waals surface area contributed by atoms with Crippen LogP contribution in [0.3, 0.4) is 0 Å². The van der Waals surface area contributed by atoms with Crippen LogP contribution in [0.1, 0.15) is 48.5 Å². The Bertz CT molecular complexity index is 147. The molecule has 0 spiro atoms. The Labute approximate surface area is 84.3 Å². The maximum Gasteiger partial charge on any atom is 0.0143 e. The first kappa shape index (κ1) is 13.0. The molecule has 0 fully saturated rings. The second-order valence-corrected chi connectivity index (χ2v) is 6.29. The zero-order valence-electron chi connectivity index (χ0n) is 10.7. The Morgan fingerprint density at radius 1 is 0.846 bits per heavy atom. The van der Waals surface area contributed by atoms with Crippen LogP contribution in [-0.4, -0.2) is 13.1 Å². The SMILES string of the molecule is CNC(C(C)C(C)(C)C)C(C)(C)C. The predicted octanol–water partition coefficient (Wildman–Crippen LogP) is 3.30. The Balaban J connectivity index is 4.61. The highest BCUT2D eigenvalue weighted by atomic mass is 14.9. The molecule has 1 heteroatoms. The fourth-order valence-corrected chi connectivity index (χ4v) is 1.93. The average molecular weight is 185 g/mol. The van der Waals surface area contributed by atoms with Crippen molar-refractivity contribution < 1.29 is 0 Å². The Hall–Kier alpha value is -0.0400.